The molecule has 7 rings (SSSR count). The van der Waals surface area contributed by atoms with Crippen molar-refractivity contribution in [3.8, 4) is 17.1 Å². The van der Waals surface area contributed by atoms with Gasteiger partial charge in [-0.3, -0.25) is 4.57 Å². The minimum Gasteiger partial charge on any atom is -0.456 e. The molecule has 3 nitrogen and oxygen atoms in total. The minimum atomic E-state index is 0.424. The van der Waals surface area contributed by atoms with E-state index in [2.05, 4.69) is 130 Å². The standard InChI is InChI=1S/C38H36N2O/c1-6-24(4)29-20-23(3)21-30(25(5)7-2)37(29)40-33-15-11-10-14-32(33)39-38(40)27-17-18-34-31(22-27)36-28-13-9-8-12-26(28)16-19-35(36)41-34/h8-22,24-25H,6-7H2,1-5H3. The lowest BCUT2D eigenvalue weighted by molar-refractivity contribution is 0.669. The monoisotopic (exact) mass is 536 g/mol. The van der Waals surface area contributed by atoms with Crippen LogP contribution in [-0.4, -0.2) is 9.55 Å². The predicted molar refractivity (Wildman–Crippen MR) is 173 cm³/mol. The number of aryl methyl sites for hydroxylation is 1. The highest BCUT2D eigenvalue weighted by Gasteiger charge is 2.24. The number of rotatable bonds is 6. The average Bonchev–Trinajstić information content (AvgIpc) is 3.58. The Bertz CT molecular complexity index is 2040. The lowest BCUT2D eigenvalue weighted by Gasteiger charge is -2.25. The molecule has 204 valence electrons. The van der Waals surface area contributed by atoms with Crippen molar-refractivity contribution in [3.63, 3.8) is 0 Å². The summed E-state index contributed by atoms with van der Waals surface area (Å²) in [6.45, 7) is 11.5. The van der Waals surface area contributed by atoms with E-state index in [0.29, 0.717) is 11.8 Å². The second-order valence-electron chi connectivity index (χ2n) is 11.6. The Hall–Kier alpha value is -4.37. The SMILES string of the molecule is CCC(C)c1cc(C)cc(C(C)CC)c1-n1c(-c2ccc3oc4ccc5ccccc5c4c3c2)nc2ccccc21. The molecule has 0 N–H and O–H groups in total. The van der Waals surface area contributed by atoms with Gasteiger partial charge in [-0.15, -0.1) is 0 Å². The van der Waals surface area contributed by atoms with Crippen molar-refractivity contribution in [3.05, 3.63) is 108 Å². The maximum atomic E-state index is 6.34. The van der Waals surface area contributed by atoms with Gasteiger partial charge in [0, 0.05) is 16.3 Å². The fraction of sp³-hybridized carbons (Fsp3) is 0.237. The van der Waals surface area contributed by atoms with Gasteiger partial charge in [-0.2, -0.15) is 0 Å². The Balaban J connectivity index is 1.58. The van der Waals surface area contributed by atoms with Crippen LogP contribution in [0.2, 0.25) is 0 Å². The first-order valence-electron chi connectivity index (χ1n) is 14.9. The van der Waals surface area contributed by atoms with Gasteiger partial charge in [0.2, 0.25) is 0 Å². The highest BCUT2D eigenvalue weighted by molar-refractivity contribution is 6.19. The summed E-state index contributed by atoms with van der Waals surface area (Å²) in [6.07, 6.45) is 2.16. The lowest BCUT2D eigenvalue weighted by Crippen LogP contribution is -2.11. The number of para-hydroxylation sites is 2. The van der Waals surface area contributed by atoms with Gasteiger partial charge in [-0.05, 0) is 89.9 Å². The fourth-order valence-electron chi connectivity index (χ4n) is 6.42. The molecule has 0 aliphatic carbocycles. The van der Waals surface area contributed by atoms with E-state index in [1.807, 2.05) is 0 Å². The van der Waals surface area contributed by atoms with Crippen molar-refractivity contribution >= 4 is 43.7 Å². The normalized spacial score (nSPS) is 13.5. The van der Waals surface area contributed by atoms with Crippen molar-refractivity contribution in [2.24, 2.45) is 0 Å². The summed E-state index contributed by atoms with van der Waals surface area (Å²) in [7, 11) is 0. The molecule has 0 amide bonds. The van der Waals surface area contributed by atoms with Crippen LogP contribution < -0.4 is 0 Å². The van der Waals surface area contributed by atoms with Crippen LogP contribution in [0.1, 0.15) is 69.1 Å². The molecule has 2 aromatic heterocycles. The number of hydrogen-bond donors (Lipinski definition) is 0. The fourth-order valence-corrected chi connectivity index (χ4v) is 6.42. The number of imidazole rings is 1. The van der Waals surface area contributed by atoms with Crippen LogP contribution in [0, 0.1) is 6.92 Å². The number of aromatic nitrogens is 2. The summed E-state index contributed by atoms with van der Waals surface area (Å²) in [6, 6.07) is 32.7. The van der Waals surface area contributed by atoms with Crippen molar-refractivity contribution in [1.29, 1.82) is 0 Å². The molecule has 5 aromatic carbocycles. The zero-order valence-electron chi connectivity index (χ0n) is 24.5. The van der Waals surface area contributed by atoms with E-state index >= 15 is 0 Å². The van der Waals surface area contributed by atoms with Crippen LogP contribution in [0.4, 0.5) is 0 Å². The van der Waals surface area contributed by atoms with Gasteiger partial charge in [0.1, 0.15) is 17.0 Å². The molecule has 0 fully saturated rings. The zero-order chi connectivity index (χ0) is 28.2. The first-order chi connectivity index (χ1) is 20.0. The van der Waals surface area contributed by atoms with E-state index in [9.17, 15) is 0 Å². The molecular formula is C38H36N2O. The summed E-state index contributed by atoms with van der Waals surface area (Å²) in [5, 5.41) is 4.72. The maximum Gasteiger partial charge on any atom is 0.145 e. The topological polar surface area (TPSA) is 31.0 Å². The number of hydrogen-bond acceptors (Lipinski definition) is 2. The second kappa shape index (κ2) is 9.92. The molecule has 0 aliphatic rings. The Kier molecular flexibility index (Phi) is 6.19. The average molecular weight is 537 g/mol. The molecule has 0 radical (unpaired) electrons. The molecule has 0 saturated carbocycles. The number of furan rings is 1. The third-order valence-electron chi connectivity index (χ3n) is 9.00. The molecule has 3 heteroatoms. The van der Waals surface area contributed by atoms with E-state index in [-0.39, 0.29) is 0 Å². The minimum absolute atomic E-state index is 0.424. The number of nitrogens with zero attached hydrogens (tertiary/aromatic N) is 2. The molecule has 7 aromatic rings. The van der Waals surface area contributed by atoms with Crippen molar-refractivity contribution in [2.75, 3.05) is 0 Å². The summed E-state index contributed by atoms with van der Waals surface area (Å²) >= 11 is 0. The van der Waals surface area contributed by atoms with E-state index in [1.165, 1.54) is 38.5 Å². The van der Waals surface area contributed by atoms with Crippen LogP contribution in [0.3, 0.4) is 0 Å². The summed E-state index contributed by atoms with van der Waals surface area (Å²) < 4.78 is 8.79. The van der Waals surface area contributed by atoms with Crippen LogP contribution in [0.5, 0.6) is 0 Å². The highest BCUT2D eigenvalue weighted by Crippen LogP contribution is 2.41. The van der Waals surface area contributed by atoms with Gasteiger partial charge in [0.25, 0.3) is 0 Å². The van der Waals surface area contributed by atoms with Crippen LogP contribution in [-0.2, 0) is 0 Å². The maximum absolute atomic E-state index is 6.34. The molecular weight excluding hydrogens is 500 g/mol. The van der Waals surface area contributed by atoms with Crippen LogP contribution in [0.25, 0.3) is 60.8 Å². The lowest BCUT2D eigenvalue weighted by atomic mass is 9.87. The van der Waals surface area contributed by atoms with Crippen LogP contribution in [0.15, 0.2) is 95.4 Å². The van der Waals surface area contributed by atoms with E-state index in [4.69, 9.17) is 9.40 Å². The molecule has 0 bridgehead atoms. The molecule has 41 heavy (non-hydrogen) atoms. The number of fused-ring (bicyclic) bond motifs is 6. The Morgan fingerprint density at radius 2 is 1.41 bits per heavy atom. The van der Waals surface area contributed by atoms with Crippen molar-refractivity contribution in [1.82, 2.24) is 9.55 Å². The Morgan fingerprint density at radius 1 is 0.732 bits per heavy atom. The van der Waals surface area contributed by atoms with Gasteiger partial charge in [-0.1, -0.05) is 87.9 Å². The van der Waals surface area contributed by atoms with Gasteiger partial charge < -0.3 is 4.42 Å². The molecule has 2 atom stereocenters. The first-order valence-corrected chi connectivity index (χ1v) is 14.9. The number of benzene rings is 5. The van der Waals surface area contributed by atoms with Crippen molar-refractivity contribution in [2.45, 2.75) is 59.3 Å². The van der Waals surface area contributed by atoms with E-state index in [0.717, 1.165) is 51.8 Å². The van der Waals surface area contributed by atoms with E-state index < -0.39 is 0 Å². The summed E-state index contributed by atoms with van der Waals surface area (Å²) in [5.41, 5.74) is 10.5. The predicted octanol–water partition coefficient (Wildman–Crippen LogP) is 11.1. The molecule has 0 spiro atoms. The van der Waals surface area contributed by atoms with Gasteiger partial charge in [-0.25, -0.2) is 4.98 Å². The molecule has 2 unspecified atom stereocenters. The first kappa shape index (κ1) is 25.6. The van der Waals surface area contributed by atoms with Gasteiger partial charge >= 0.3 is 0 Å². The van der Waals surface area contributed by atoms with Crippen molar-refractivity contribution < 1.29 is 4.42 Å². The smallest absolute Gasteiger partial charge is 0.145 e. The summed E-state index contributed by atoms with van der Waals surface area (Å²) in [5.74, 6) is 1.82. The zero-order valence-corrected chi connectivity index (χ0v) is 24.5. The van der Waals surface area contributed by atoms with Gasteiger partial charge in [0.05, 0.1) is 16.7 Å². The summed E-state index contributed by atoms with van der Waals surface area (Å²) in [4.78, 5) is 5.30. The largest absolute Gasteiger partial charge is 0.456 e. The third-order valence-corrected chi connectivity index (χ3v) is 9.00. The Labute approximate surface area is 241 Å². The quantitative estimate of drug-likeness (QED) is 0.212. The van der Waals surface area contributed by atoms with Gasteiger partial charge in [0.15, 0.2) is 0 Å². The van der Waals surface area contributed by atoms with E-state index in [1.54, 1.807) is 0 Å². The molecule has 2 heterocycles. The highest BCUT2D eigenvalue weighted by atomic mass is 16.3. The Morgan fingerprint density at radius 3 is 2.17 bits per heavy atom. The third kappa shape index (κ3) is 4.06. The molecule has 0 saturated heterocycles. The second-order valence-corrected chi connectivity index (χ2v) is 11.6. The molecule has 0 aliphatic heterocycles. The van der Waals surface area contributed by atoms with Crippen LogP contribution >= 0.6 is 0 Å².